The number of para-hydroxylation sites is 2. The molecular formula is C42H28N4O. The van der Waals surface area contributed by atoms with E-state index in [9.17, 15) is 4.79 Å². The van der Waals surface area contributed by atoms with Crippen molar-refractivity contribution < 1.29 is 4.79 Å². The number of rotatable bonds is 5. The highest BCUT2D eigenvalue weighted by molar-refractivity contribution is 6.18. The van der Waals surface area contributed by atoms with Crippen LogP contribution in [-0.4, -0.2) is 20.4 Å². The van der Waals surface area contributed by atoms with Gasteiger partial charge in [0.25, 0.3) is 5.91 Å². The molecule has 0 aliphatic carbocycles. The van der Waals surface area contributed by atoms with Gasteiger partial charge in [0.1, 0.15) is 0 Å². The van der Waals surface area contributed by atoms with E-state index in [2.05, 4.69) is 118 Å². The summed E-state index contributed by atoms with van der Waals surface area (Å²) in [6, 6.07) is 45.9. The number of benzene rings is 5. The molecule has 5 aromatic carbocycles. The molecule has 4 heterocycles. The Labute approximate surface area is 272 Å². The molecule has 8 aromatic rings. The summed E-state index contributed by atoms with van der Waals surface area (Å²) < 4.78 is 2.38. The Bertz CT molecular complexity index is 2340. The molecule has 0 radical (unpaired) electrons. The van der Waals surface area contributed by atoms with Gasteiger partial charge in [-0.1, -0.05) is 84.9 Å². The molecule has 5 nitrogen and oxygen atoms in total. The summed E-state index contributed by atoms with van der Waals surface area (Å²) >= 11 is 0. The standard InChI is InChI=1S/C42H28N4O/c47-42-37-13-6-14-39(38(37)27-45(42)32-17-15-29(16-18-32)28-7-2-1-3-8-28)46-40-33(30-19-23-43-24-20-30)9-4-11-35(40)36-12-5-10-34(41(36)46)31-21-25-44-26-22-31/h1-26H,27H2. The highest BCUT2D eigenvalue weighted by atomic mass is 16.2. The van der Waals surface area contributed by atoms with Gasteiger partial charge in [-0.15, -0.1) is 0 Å². The first-order chi connectivity index (χ1) is 23.3. The van der Waals surface area contributed by atoms with Crippen molar-refractivity contribution in [2.45, 2.75) is 6.54 Å². The van der Waals surface area contributed by atoms with Crippen molar-refractivity contribution in [1.29, 1.82) is 0 Å². The van der Waals surface area contributed by atoms with Crippen molar-refractivity contribution in [2.24, 2.45) is 0 Å². The minimum absolute atomic E-state index is 0.0128. The Morgan fingerprint density at radius 1 is 0.468 bits per heavy atom. The van der Waals surface area contributed by atoms with E-state index in [-0.39, 0.29) is 5.91 Å². The number of hydrogen-bond acceptors (Lipinski definition) is 3. The van der Waals surface area contributed by atoms with Gasteiger partial charge in [-0.2, -0.15) is 0 Å². The first-order valence-corrected chi connectivity index (χ1v) is 15.7. The highest BCUT2D eigenvalue weighted by Gasteiger charge is 2.32. The maximum Gasteiger partial charge on any atom is 0.259 e. The first kappa shape index (κ1) is 27.0. The summed E-state index contributed by atoms with van der Waals surface area (Å²) in [4.78, 5) is 24.5. The molecule has 1 amide bonds. The van der Waals surface area contributed by atoms with Crippen molar-refractivity contribution in [3.8, 4) is 39.1 Å². The zero-order chi connectivity index (χ0) is 31.3. The molecule has 0 saturated carbocycles. The van der Waals surface area contributed by atoms with E-state index in [4.69, 9.17) is 0 Å². The average Bonchev–Trinajstić information content (AvgIpc) is 3.67. The summed E-state index contributed by atoms with van der Waals surface area (Å²) in [5, 5.41) is 2.31. The number of aromatic nitrogens is 3. The third kappa shape index (κ3) is 4.36. The molecule has 0 fully saturated rings. The molecule has 0 saturated heterocycles. The van der Waals surface area contributed by atoms with Crippen molar-refractivity contribution in [3.05, 3.63) is 169 Å². The third-order valence-electron chi connectivity index (χ3n) is 9.26. The van der Waals surface area contributed by atoms with Crippen LogP contribution in [0.4, 0.5) is 5.69 Å². The van der Waals surface area contributed by atoms with E-state index < -0.39 is 0 Å². The highest BCUT2D eigenvalue weighted by Crippen LogP contribution is 2.44. The number of anilines is 1. The number of carbonyl (C=O) groups excluding carboxylic acids is 1. The Kier molecular flexibility index (Phi) is 6.28. The number of carbonyl (C=O) groups is 1. The van der Waals surface area contributed by atoms with Crippen molar-refractivity contribution in [2.75, 3.05) is 4.90 Å². The predicted molar refractivity (Wildman–Crippen MR) is 190 cm³/mol. The second kappa shape index (κ2) is 10.9. The van der Waals surface area contributed by atoms with Crippen LogP contribution in [0.2, 0.25) is 0 Å². The monoisotopic (exact) mass is 604 g/mol. The van der Waals surface area contributed by atoms with Crippen LogP contribution in [-0.2, 0) is 6.54 Å². The van der Waals surface area contributed by atoms with Crippen LogP contribution >= 0.6 is 0 Å². The van der Waals surface area contributed by atoms with Gasteiger partial charge in [0.2, 0.25) is 0 Å². The van der Waals surface area contributed by atoms with Gasteiger partial charge in [-0.05, 0) is 70.8 Å². The van der Waals surface area contributed by atoms with Crippen LogP contribution in [0.25, 0.3) is 60.9 Å². The van der Waals surface area contributed by atoms with Gasteiger partial charge in [-0.25, -0.2) is 0 Å². The van der Waals surface area contributed by atoms with Crippen molar-refractivity contribution >= 4 is 33.4 Å². The fraction of sp³-hybridized carbons (Fsp3) is 0.0238. The SMILES string of the molecule is O=C1c2cccc(-n3c4c(-c5ccncc5)cccc4c4cccc(-c5ccncc5)c43)c2CN1c1ccc(-c2ccccc2)cc1. The quantitative estimate of drug-likeness (QED) is 0.197. The second-order valence-electron chi connectivity index (χ2n) is 11.8. The summed E-state index contributed by atoms with van der Waals surface area (Å²) in [7, 11) is 0. The minimum Gasteiger partial charge on any atom is -0.308 e. The molecule has 47 heavy (non-hydrogen) atoms. The molecular weight excluding hydrogens is 576 g/mol. The second-order valence-corrected chi connectivity index (χ2v) is 11.8. The lowest BCUT2D eigenvalue weighted by Gasteiger charge is -2.18. The van der Waals surface area contributed by atoms with E-state index in [1.54, 1.807) is 0 Å². The lowest BCUT2D eigenvalue weighted by atomic mass is 10.0. The third-order valence-corrected chi connectivity index (χ3v) is 9.26. The molecule has 3 aromatic heterocycles. The number of pyridine rings is 2. The number of amides is 1. The maximum absolute atomic E-state index is 14.1. The lowest BCUT2D eigenvalue weighted by molar-refractivity contribution is 0.0996. The van der Waals surface area contributed by atoms with Gasteiger partial charge < -0.3 is 9.47 Å². The molecule has 222 valence electrons. The zero-order valence-electron chi connectivity index (χ0n) is 25.4. The molecule has 0 unspecified atom stereocenters. The van der Waals surface area contributed by atoms with Crippen LogP contribution in [0.1, 0.15) is 15.9 Å². The minimum atomic E-state index is 0.0128. The lowest BCUT2D eigenvalue weighted by Crippen LogP contribution is -2.22. The Hall–Kier alpha value is -6.33. The van der Waals surface area contributed by atoms with Crippen LogP contribution < -0.4 is 4.90 Å². The summed E-state index contributed by atoms with van der Waals surface area (Å²) in [5.74, 6) is 0.0128. The van der Waals surface area contributed by atoms with Gasteiger partial charge in [0, 0.05) is 63.5 Å². The average molecular weight is 605 g/mol. The van der Waals surface area contributed by atoms with Crippen LogP contribution in [0, 0.1) is 0 Å². The predicted octanol–water partition coefficient (Wildman–Crippen LogP) is 9.74. The molecule has 5 heteroatoms. The molecule has 0 spiro atoms. The smallest absolute Gasteiger partial charge is 0.259 e. The van der Waals surface area contributed by atoms with Crippen molar-refractivity contribution in [3.63, 3.8) is 0 Å². The topological polar surface area (TPSA) is 51.0 Å². The molecule has 1 aliphatic heterocycles. The zero-order valence-corrected chi connectivity index (χ0v) is 25.4. The van der Waals surface area contributed by atoms with E-state index >= 15 is 0 Å². The van der Waals surface area contributed by atoms with Gasteiger partial charge >= 0.3 is 0 Å². The van der Waals surface area contributed by atoms with Crippen molar-refractivity contribution in [1.82, 2.24) is 14.5 Å². The fourth-order valence-electron chi connectivity index (χ4n) is 7.08. The number of fused-ring (bicyclic) bond motifs is 4. The van der Waals surface area contributed by atoms with E-state index in [0.29, 0.717) is 6.54 Å². The maximum atomic E-state index is 14.1. The fourth-order valence-corrected chi connectivity index (χ4v) is 7.08. The largest absolute Gasteiger partial charge is 0.308 e. The molecule has 1 aliphatic rings. The van der Waals surface area contributed by atoms with E-state index in [1.165, 1.54) is 0 Å². The summed E-state index contributed by atoms with van der Waals surface area (Å²) in [5.41, 5.74) is 12.5. The summed E-state index contributed by atoms with van der Waals surface area (Å²) in [6.45, 7) is 0.477. The normalized spacial score (nSPS) is 12.6. The van der Waals surface area contributed by atoms with Crippen LogP contribution in [0.5, 0.6) is 0 Å². The molecule has 9 rings (SSSR count). The Morgan fingerprint density at radius 2 is 1.00 bits per heavy atom. The van der Waals surface area contributed by atoms with Crippen LogP contribution in [0.3, 0.4) is 0 Å². The molecule has 0 bridgehead atoms. The van der Waals surface area contributed by atoms with Gasteiger partial charge in [0.05, 0.1) is 23.3 Å². The first-order valence-electron chi connectivity index (χ1n) is 15.7. The van der Waals surface area contributed by atoms with Gasteiger partial charge in [0.15, 0.2) is 0 Å². The van der Waals surface area contributed by atoms with E-state index in [1.807, 2.05) is 60.0 Å². The van der Waals surface area contributed by atoms with E-state index in [0.717, 1.165) is 77.7 Å². The van der Waals surface area contributed by atoms with Crippen LogP contribution in [0.15, 0.2) is 158 Å². The number of nitrogens with zero attached hydrogens (tertiary/aromatic N) is 4. The Balaban J connectivity index is 1.27. The molecule has 0 atom stereocenters. The summed E-state index contributed by atoms with van der Waals surface area (Å²) in [6.07, 6.45) is 7.35. The Morgan fingerprint density at radius 3 is 1.60 bits per heavy atom. The number of hydrogen-bond donors (Lipinski definition) is 0. The molecule has 0 N–H and O–H groups in total. The van der Waals surface area contributed by atoms with Gasteiger partial charge in [-0.3, -0.25) is 14.8 Å².